The summed E-state index contributed by atoms with van der Waals surface area (Å²) in [6, 6.07) is 0. The lowest BCUT2D eigenvalue weighted by Crippen LogP contribution is -2.15. The van der Waals surface area contributed by atoms with Crippen molar-refractivity contribution in [2.24, 2.45) is 0 Å². The van der Waals surface area contributed by atoms with Crippen molar-refractivity contribution in [3.05, 3.63) is 0 Å². The molecule has 6 heavy (non-hydrogen) atoms. The number of aliphatic hydroxyl groups is 3. The van der Waals surface area contributed by atoms with E-state index in [2.05, 4.69) is 0 Å². The molecule has 3 N–H and O–H groups in total. The lowest BCUT2D eigenvalue weighted by molar-refractivity contribution is 0.0450. The van der Waals surface area contributed by atoms with Crippen LogP contribution in [-0.4, -0.2) is 34.5 Å². The monoisotopic (exact) mass is 97.1 g/mol. The van der Waals surface area contributed by atoms with Gasteiger partial charge in [0.05, 0.1) is 18.6 Å². The molecule has 0 rings (SSSR count). The van der Waals surface area contributed by atoms with Crippen LogP contribution in [0.1, 0.15) is 5.48 Å². The van der Waals surface area contributed by atoms with Crippen LogP contribution >= 0.6 is 0 Å². The van der Waals surface area contributed by atoms with Gasteiger partial charge < -0.3 is 15.3 Å². The zero-order valence-corrected chi connectivity index (χ0v) is 2.92. The molecule has 38 valence electrons. The highest BCUT2D eigenvalue weighted by molar-refractivity contribution is 4.43. The molecule has 0 amide bonds. The Labute approximate surface area is 41.5 Å². The predicted molar refractivity (Wildman–Crippen MR) is 20.2 cm³/mol. The molecule has 3 heteroatoms. The second-order valence-corrected chi connectivity index (χ2v) is 0.626. The van der Waals surface area contributed by atoms with Crippen molar-refractivity contribution in [3.8, 4) is 0 Å². The minimum atomic E-state index is -3.30. The molecular weight excluding hydrogens is 85.0 g/mol. The van der Waals surface area contributed by atoms with Gasteiger partial charge in [-0.1, -0.05) is 0 Å². The number of aliphatic hydroxyl groups excluding tert-OH is 1. The minimum Gasteiger partial charge on any atom is -0.394 e. The van der Waals surface area contributed by atoms with Gasteiger partial charge in [0.15, 0.2) is 0 Å². The van der Waals surface area contributed by atoms with Crippen LogP contribution in [0.15, 0.2) is 0 Å². The van der Waals surface area contributed by atoms with Crippen molar-refractivity contribution in [2.45, 2.75) is 6.08 Å². The first-order valence-corrected chi connectivity index (χ1v) is 1.24. The first-order chi connectivity index (χ1) is 4.19. The van der Waals surface area contributed by atoms with Gasteiger partial charge in [0.2, 0.25) is 0 Å². The highest BCUT2D eigenvalue weighted by Crippen LogP contribution is 1.71. The average molecular weight is 97.1 g/mol. The van der Waals surface area contributed by atoms with Crippen LogP contribution in [0.2, 0.25) is 0 Å². The fraction of sp³-hybridized carbons (Fsp3) is 1.00. The Hall–Kier alpha value is -0.120. The third-order valence-corrected chi connectivity index (χ3v) is 0.237. The van der Waals surface area contributed by atoms with Crippen molar-refractivity contribution in [3.63, 3.8) is 0 Å². The molecule has 0 unspecified atom stereocenters. The molecular formula is C3H8O3. The van der Waals surface area contributed by atoms with Crippen molar-refractivity contribution in [1.82, 2.24) is 0 Å². The highest BCUT2D eigenvalue weighted by atomic mass is 16.4. The first kappa shape index (κ1) is 1.78. The van der Waals surface area contributed by atoms with E-state index in [1.165, 1.54) is 0 Å². The Morgan fingerprint density at radius 2 is 2.33 bits per heavy atom. The average Bonchev–Trinajstić information content (AvgIpc) is 1.62. The number of hydrogen-bond acceptors (Lipinski definition) is 3. The summed E-state index contributed by atoms with van der Waals surface area (Å²) < 4.78 is 25.6. The summed E-state index contributed by atoms with van der Waals surface area (Å²) in [6.07, 6.45) is -3.20. The molecule has 0 aliphatic heterocycles. The maximum atomic E-state index is 8.53. The van der Waals surface area contributed by atoms with Gasteiger partial charge in [-0.3, -0.25) is 0 Å². The Bertz CT molecular complexity index is 117. The van der Waals surface area contributed by atoms with E-state index in [9.17, 15) is 0 Å². The van der Waals surface area contributed by atoms with Gasteiger partial charge in [-0.2, -0.15) is 0 Å². The molecule has 0 heterocycles. The fourth-order valence-electron chi connectivity index (χ4n) is 0.0289. The molecule has 0 aromatic rings. The third-order valence-electron chi connectivity index (χ3n) is 0.237. The van der Waals surface area contributed by atoms with Crippen molar-refractivity contribution < 1.29 is 20.8 Å². The standard InChI is InChI=1S/C3H8O3/c4-1-3(6)2-5/h3-6H,1-2H2/i1D2,2+1D,3D/t2-,3-/m1/s1. The second kappa shape index (κ2) is 3.08. The number of hydrogen-bond donors (Lipinski definition) is 3. The molecule has 0 aromatic carbocycles. The topological polar surface area (TPSA) is 60.7 Å². The summed E-state index contributed by atoms with van der Waals surface area (Å²) in [5, 5.41) is 25.1. The Balaban J connectivity index is 4.40. The molecule has 0 fully saturated rings. The zero-order valence-electron chi connectivity index (χ0n) is 6.92. The van der Waals surface area contributed by atoms with E-state index in [4.69, 9.17) is 20.8 Å². The SMILES string of the molecule is [2H][13C@@H](O)[C@]([2H])(O)C([2H])([2H])O. The molecule has 0 spiro atoms. The molecule has 0 aliphatic rings. The highest BCUT2D eigenvalue weighted by Gasteiger charge is 1.93. The van der Waals surface area contributed by atoms with E-state index >= 15 is 0 Å². The fourth-order valence-corrected chi connectivity index (χ4v) is 0.0289. The molecule has 0 bridgehead atoms. The van der Waals surface area contributed by atoms with Crippen LogP contribution < -0.4 is 0 Å². The van der Waals surface area contributed by atoms with E-state index < -0.39 is 19.2 Å². The first-order valence-electron chi connectivity index (χ1n) is 3.32. The van der Waals surface area contributed by atoms with E-state index in [1.54, 1.807) is 0 Å². The summed E-state index contributed by atoms with van der Waals surface area (Å²) in [5.41, 5.74) is 0. The van der Waals surface area contributed by atoms with Crippen LogP contribution in [0.4, 0.5) is 0 Å². The molecule has 0 aromatic heterocycles. The van der Waals surface area contributed by atoms with Gasteiger partial charge >= 0.3 is 0 Å². The second-order valence-electron chi connectivity index (χ2n) is 0.626. The van der Waals surface area contributed by atoms with E-state index in [0.717, 1.165) is 0 Å². The Morgan fingerprint density at radius 1 is 1.83 bits per heavy atom. The molecule has 0 saturated heterocycles. The maximum absolute atomic E-state index is 8.53. The molecule has 0 saturated carbocycles. The largest absolute Gasteiger partial charge is 0.394 e. The molecule has 3 nitrogen and oxygen atoms in total. The third kappa shape index (κ3) is 2.14. The summed E-state index contributed by atoms with van der Waals surface area (Å²) >= 11 is 0. The predicted octanol–water partition coefficient (Wildman–Crippen LogP) is -1.67. The molecule has 2 atom stereocenters. The Kier molecular flexibility index (Phi) is 0.913. The van der Waals surface area contributed by atoms with Crippen LogP contribution in [0.25, 0.3) is 0 Å². The van der Waals surface area contributed by atoms with E-state index in [0.29, 0.717) is 0 Å². The van der Waals surface area contributed by atoms with Gasteiger partial charge in [-0.25, -0.2) is 0 Å². The van der Waals surface area contributed by atoms with E-state index in [1.807, 2.05) is 0 Å². The summed E-state index contributed by atoms with van der Waals surface area (Å²) in [6.45, 7) is -5.69. The van der Waals surface area contributed by atoms with Gasteiger partial charge in [0, 0.05) is 0 Å². The molecule has 0 radical (unpaired) electrons. The summed E-state index contributed by atoms with van der Waals surface area (Å²) in [5.74, 6) is 0. The maximum Gasteiger partial charge on any atom is 0.100 e. The normalized spacial score (nSPS) is 37.2. The van der Waals surface area contributed by atoms with Crippen LogP contribution in [-0.2, 0) is 0 Å². The Morgan fingerprint density at radius 3 is 2.33 bits per heavy atom. The quantitative estimate of drug-likeness (QED) is 0.361. The number of rotatable bonds is 2. The lowest BCUT2D eigenvalue weighted by Gasteiger charge is -1.96. The van der Waals surface area contributed by atoms with Gasteiger partial charge in [0.25, 0.3) is 0 Å². The van der Waals surface area contributed by atoms with Crippen LogP contribution in [0.5, 0.6) is 0 Å². The zero-order chi connectivity index (χ0) is 8.58. The smallest absolute Gasteiger partial charge is 0.100 e. The minimum absolute atomic E-state index is 2.40. The van der Waals surface area contributed by atoms with Crippen LogP contribution in [0.3, 0.4) is 0 Å². The van der Waals surface area contributed by atoms with Crippen molar-refractivity contribution >= 4 is 0 Å². The van der Waals surface area contributed by atoms with Crippen molar-refractivity contribution in [1.29, 1.82) is 0 Å². The van der Waals surface area contributed by atoms with E-state index in [-0.39, 0.29) is 0 Å². The summed E-state index contributed by atoms with van der Waals surface area (Å²) in [4.78, 5) is 0. The van der Waals surface area contributed by atoms with Crippen LogP contribution in [0, 0.1) is 0 Å². The van der Waals surface area contributed by atoms with Crippen molar-refractivity contribution in [2.75, 3.05) is 13.1 Å². The van der Waals surface area contributed by atoms with Gasteiger partial charge in [-0.05, 0) is 0 Å². The lowest BCUT2D eigenvalue weighted by atomic mass is 10.6. The van der Waals surface area contributed by atoms with Gasteiger partial charge in [0.1, 0.15) is 6.08 Å². The molecule has 0 aliphatic carbocycles. The summed E-state index contributed by atoms with van der Waals surface area (Å²) in [7, 11) is 0. The van der Waals surface area contributed by atoms with Gasteiger partial charge in [-0.15, -0.1) is 0 Å².